The molecule has 0 atom stereocenters. The van der Waals surface area contributed by atoms with E-state index in [0.29, 0.717) is 18.1 Å². The van der Waals surface area contributed by atoms with Gasteiger partial charge in [0.15, 0.2) is 0 Å². The highest BCUT2D eigenvalue weighted by atomic mass is 16.5. The maximum absolute atomic E-state index is 11.6. The van der Waals surface area contributed by atoms with E-state index in [1.807, 2.05) is 31.2 Å². The maximum atomic E-state index is 11.6. The molecule has 7 nitrogen and oxygen atoms in total. The molecule has 0 unspecified atom stereocenters. The number of ether oxygens (including phenoxy) is 1. The summed E-state index contributed by atoms with van der Waals surface area (Å²) in [6.07, 6.45) is 1.72. The highest BCUT2D eigenvalue weighted by Crippen LogP contribution is 2.15. The fourth-order valence-corrected chi connectivity index (χ4v) is 1.78. The lowest BCUT2D eigenvalue weighted by atomic mass is 10.2. The second kappa shape index (κ2) is 7.18. The van der Waals surface area contributed by atoms with E-state index in [0.717, 1.165) is 5.56 Å². The summed E-state index contributed by atoms with van der Waals surface area (Å²) in [7, 11) is 0. The minimum absolute atomic E-state index is 0.0448. The van der Waals surface area contributed by atoms with Crippen molar-refractivity contribution in [1.82, 2.24) is 10.9 Å². The zero-order valence-electron chi connectivity index (χ0n) is 11.6. The Morgan fingerprint density at radius 2 is 2.33 bits per heavy atom. The van der Waals surface area contributed by atoms with Gasteiger partial charge in [0.25, 0.3) is 0 Å². The first-order chi connectivity index (χ1) is 10.2. The summed E-state index contributed by atoms with van der Waals surface area (Å²) in [5.74, 6) is 0.176. The van der Waals surface area contributed by atoms with Crippen LogP contribution in [0.3, 0.4) is 0 Å². The molecule has 0 saturated heterocycles. The van der Waals surface area contributed by atoms with Crippen LogP contribution in [0.4, 0.5) is 0 Å². The van der Waals surface area contributed by atoms with E-state index in [1.165, 1.54) is 6.21 Å². The molecule has 1 aliphatic heterocycles. The van der Waals surface area contributed by atoms with E-state index in [9.17, 15) is 9.59 Å². The molecule has 7 heteroatoms. The molecule has 2 amide bonds. The normalized spacial score (nSPS) is 14.0. The van der Waals surface area contributed by atoms with Gasteiger partial charge in [0.1, 0.15) is 5.75 Å². The van der Waals surface area contributed by atoms with E-state index in [2.05, 4.69) is 21.1 Å². The third kappa shape index (κ3) is 4.41. The quantitative estimate of drug-likeness (QED) is 0.599. The van der Waals surface area contributed by atoms with Crippen LogP contribution in [-0.2, 0) is 9.59 Å². The maximum Gasteiger partial charge on any atom is 0.245 e. The monoisotopic (exact) mass is 288 g/mol. The first-order valence-corrected chi connectivity index (χ1v) is 6.57. The number of hydrogen-bond acceptors (Lipinski definition) is 5. The van der Waals surface area contributed by atoms with Gasteiger partial charge in [-0.1, -0.05) is 12.1 Å². The molecule has 1 aliphatic rings. The Labute approximate surface area is 122 Å². The van der Waals surface area contributed by atoms with Crippen LogP contribution >= 0.6 is 0 Å². The van der Waals surface area contributed by atoms with Crippen molar-refractivity contribution in [1.29, 1.82) is 0 Å². The average Bonchev–Trinajstić information content (AvgIpc) is 2.86. The summed E-state index contributed by atoms with van der Waals surface area (Å²) >= 11 is 0. The zero-order chi connectivity index (χ0) is 15.1. The van der Waals surface area contributed by atoms with Crippen LogP contribution < -0.4 is 15.6 Å². The summed E-state index contributed by atoms with van der Waals surface area (Å²) in [6.45, 7) is 2.45. The van der Waals surface area contributed by atoms with Crippen molar-refractivity contribution in [2.75, 3.05) is 6.61 Å². The molecule has 21 heavy (non-hydrogen) atoms. The van der Waals surface area contributed by atoms with Crippen molar-refractivity contribution >= 4 is 23.7 Å². The molecule has 1 aromatic carbocycles. The molecule has 0 aliphatic carbocycles. The lowest BCUT2D eigenvalue weighted by Gasteiger charge is -2.05. The van der Waals surface area contributed by atoms with E-state index in [-0.39, 0.29) is 24.7 Å². The average molecular weight is 288 g/mol. The molecule has 0 radical (unpaired) electrons. The molecular weight excluding hydrogens is 272 g/mol. The second-order valence-corrected chi connectivity index (χ2v) is 4.33. The fraction of sp³-hybridized carbons (Fsp3) is 0.286. The molecule has 0 bridgehead atoms. The van der Waals surface area contributed by atoms with E-state index < -0.39 is 0 Å². The number of hydrogen-bond donors (Lipinski definition) is 2. The zero-order valence-corrected chi connectivity index (χ0v) is 11.6. The van der Waals surface area contributed by atoms with Crippen molar-refractivity contribution in [2.24, 2.45) is 10.2 Å². The number of benzene rings is 1. The number of amides is 2. The summed E-state index contributed by atoms with van der Waals surface area (Å²) in [5, 5.41) is 7.63. The molecule has 1 heterocycles. The van der Waals surface area contributed by atoms with Gasteiger partial charge in [-0.3, -0.25) is 9.59 Å². The Morgan fingerprint density at radius 1 is 1.52 bits per heavy atom. The van der Waals surface area contributed by atoms with Gasteiger partial charge < -0.3 is 4.74 Å². The fourth-order valence-electron chi connectivity index (χ4n) is 1.78. The molecule has 0 spiro atoms. The standard InChI is InChI=1S/C14H16N4O3/c1-2-21-12-6-4-3-5-10(12)9-15-17-13(19)7-11-8-14(20)18-16-11/h3-6,9H,2,7-8H2,1H3,(H,17,19)(H,18,20)/b15-9-. The molecule has 0 saturated carbocycles. The largest absolute Gasteiger partial charge is 0.493 e. The first kappa shape index (κ1) is 14.7. The third-order valence-electron chi connectivity index (χ3n) is 2.68. The van der Waals surface area contributed by atoms with Gasteiger partial charge in [0.2, 0.25) is 11.8 Å². The van der Waals surface area contributed by atoms with E-state index in [4.69, 9.17) is 4.74 Å². The second-order valence-electron chi connectivity index (χ2n) is 4.33. The smallest absolute Gasteiger partial charge is 0.245 e. The predicted molar refractivity (Wildman–Crippen MR) is 78.2 cm³/mol. The first-order valence-electron chi connectivity index (χ1n) is 6.57. The third-order valence-corrected chi connectivity index (χ3v) is 2.68. The number of nitrogens with zero attached hydrogens (tertiary/aromatic N) is 2. The van der Waals surface area contributed by atoms with Gasteiger partial charge in [-0.05, 0) is 19.1 Å². The highest BCUT2D eigenvalue weighted by molar-refractivity contribution is 6.11. The predicted octanol–water partition coefficient (Wildman–Crippen LogP) is 0.801. The summed E-state index contributed by atoms with van der Waals surface area (Å²) in [6, 6.07) is 7.39. The molecule has 2 rings (SSSR count). The number of nitrogens with one attached hydrogen (secondary N) is 2. The minimum Gasteiger partial charge on any atom is -0.493 e. The van der Waals surface area contributed by atoms with Gasteiger partial charge in [-0.25, -0.2) is 10.9 Å². The van der Waals surface area contributed by atoms with E-state index in [1.54, 1.807) is 0 Å². The van der Waals surface area contributed by atoms with Crippen molar-refractivity contribution in [3.05, 3.63) is 29.8 Å². The lowest BCUT2D eigenvalue weighted by Crippen LogP contribution is -2.20. The summed E-state index contributed by atoms with van der Waals surface area (Å²) in [5.41, 5.74) is 5.96. The Morgan fingerprint density at radius 3 is 3.05 bits per heavy atom. The lowest BCUT2D eigenvalue weighted by molar-refractivity contribution is -0.119. The SMILES string of the molecule is CCOc1ccccc1/C=N\NC(=O)CC1=NNC(=O)C1. The van der Waals surface area contributed by atoms with Crippen LogP contribution in [-0.4, -0.2) is 30.3 Å². The van der Waals surface area contributed by atoms with Crippen LogP contribution in [0, 0.1) is 0 Å². The van der Waals surface area contributed by atoms with Crippen LogP contribution in [0.25, 0.3) is 0 Å². The molecule has 1 aromatic rings. The Balaban J connectivity index is 1.87. The highest BCUT2D eigenvalue weighted by Gasteiger charge is 2.16. The molecular formula is C14H16N4O3. The minimum atomic E-state index is -0.324. The Hall–Kier alpha value is -2.70. The van der Waals surface area contributed by atoms with Gasteiger partial charge >= 0.3 is 0 Å². The van der Waals surface area contributed by atoms with Gasteiger partial charge in [-0.2, -0.15) is 10.2 Å². The molecule has 0 aromatic heterocycles. The van der Waals surface area contributed by atoms with Crippen LogP contribution in [0.15, 0.2) is 34.5 Å². The topological polar surface area (TPSA) is 92.2 Å². The number of carbonyl (C=O) groups excluding carboxylic acids is 2. The van der Waals surface area contributed by atoms with Crippen molar-refractivity contribution < 1.29 is 14.3 Å². The Bertz CT molecular complexity index is 596. The van der Waals surface area contributed by atoms with Crippen molar-refractivity contribution in [3.63, 3.8) is 0 Å². The molecule has 110 valence electrons. The number of hydrazone groups is 2. The number of carbonyl (C=O) groups is 2. The van der Waals surface area contributed by atoms with Crippen LogP contribution in [0.2, 0.25) is 0 Å². The van der Waals surface area contributed by atoms with Gasteiger partial charge in [-0.15, -0.1) is 0 Å². The number of para-hydroxylation sites is 1. The summed E-state index contributed by atoms with van der Waals surface area (Å²) in [4.78, 5) is 22.6. The summed E-state index contributed by atoms with van der Waals surface area (Å²) < 4.78 is 5.45. The van der Waals surface area contributed by atoms with Gasteiger partial charge in [0, 0.05) is 5.56 Å². The van der Waals surface area contributed by atoms with Crippen molar-refractivity contribution in [3.8, 4) is 5.75 Å². The van der Waals surface area contributed by atoms with Gasteiger partial charge in [0.05, 0.1) is 31.4 Å². The molecule has 0 fully saturated rings. The molecule has 2 N–H and O–H groups in total. The van der Waals surface area contributed by atoms with E-state index >= 15 is 0 Å². The van der Waals surface area contributed by atoms with Crippen LogP contribution in [0.1, 0.15) is 25.3 Å². The van der Waals surface area contributed by atoms with Crippen LogP contribution in [0.5, 0.6) is 5.75 Å². The number of rotatable bonds is 6. The van der Waals surface area contributed by atoms with Crippen molar-refractivity contribution in [2.45, 2.75) is 19.8 Å². The Kier molecular flexibility index (Phi) is 5.03.